The fourth-order valence-corrected chi connectivity index (χ4v) is 3.19. The Morgan fingerprint density at radius 2 is 2.10 bits per heavy atom. The lowest BCUT2D eigenvalue weighted by molar-refractivity contribution is 0.213. The van der Waals surface area contributed by atoms with Crippen molar-refractivity contribution in [2.75, 3.05) is 18.4 Å². The Kier molecular flexibility index (Phi) is 4.45. The van der Waals surface area contributed by atoms with Crippen LogP contribution in [0.2, 0.25) is 0 Å². The van der Waals surface area contributed by atoms with Gasteiger partial charge in [-0.05, 0) is 30.7 Å². The third-order valence-electron chi connectivity index (χ3n) is 3.86. The van der Waals surface area contributed by atoms with Gasteiger partial charge in [-0.25, -0.2) is 4.79 Å². The minimum Gasteiger partial charge on any atom is -0.324 e. The number of carbonyl (C=O) groups excluding carboxylic acids is 1. The molecule has 1 aliphatic rings. The molecule has 1 N–H and O–H groups in total. The zero-order chi connectivity index (χ0) is 14.5. The summed E-state index contributed by atoms with van der Waals surface area (Å²) in [5.41, 5.74) is 2.99. The van der Waals surface area contributed by atoms with Crippen LogP contribution >= 0.6 is 11.3 Å². The number of nitrogens with one attached hydrogen (secondary N) is 1. The Morgan fingerprint density at radius 1 is 1.24 bits per heavy atom. The van der Waals surface area contributed by atoms with Crippen LogP contribution in [-0.4, -0.2) is 34.2 Å². The molecule has 1 fully saturated rings. The second-order valence-electron chi connectivity index (χ2n) is 5.20. The van der Waals surface area contributed by atoms with Crippen molar-refractivity contribution < 1.29 is 4.79 Å². The van der Waals surface area contributed by atoms with Crippen LogP contribution in [-0.2, 0) is 0 Å². The average molecular weight is 302 g/mol. The van der Waals surface area contributed by atoms with E-state index in [9.17, 15) is 4.79 Å². The Hall–Kier alpha value is -1.95. The van der Waals surface area contributed by atoms with Crippen LogP contribution in [0.3, 0.4) is 0 Å². The maximum absolute atomic E-state index is 12.2. The molecular formula is C15H18N4OS. The number of hydrogen-bond donors (Lipinski definition) is 1. The van der Waals surface area contributed by atoms with Gasteiger partial charge in [0, 0.05) is 13.1 Å². The van der Waals surface area contributed by atoms with Crippen molar-refractivity contribution in [2.24, 2.45) is 0 Å². The van der Waals surface area contributed by atoms with Gasteiger partial charge in [-0.15, -0.1) is 10.2 Å². The molecule has 2 heterocycles. The van der Waals surface area contributed by atoms with E-state index >= 15 is 0 Å². The van der Waals surface area contributed by atoms with Crippen molar-refractivity contribution in [1.82, 2.24) is 15.1 Å². The van der Waals surface area contributed by atoms with Crippen LogP contribution in [0.1, 0.15) is 30.7 Å². The van der Waals surface area contributed by atoms with E-state index in [1.165, 1.54) is 16.9 Å². The summed E-state index contributed by atoms with van der Waals surface area (Å²) in [6, 6.07) is 10.5. The van der Waals surface area contributed by atoms with Crippen LogP contribution < -0.4 is 5.32 Å². The summed E-state index contributed by atoms with van der Waals surface area (Å²) >= 11 is 1.34. The summed E-state index contributed by atoms with van der Waals surface area (Å²) in [6.07, 6.45) is 3.17. The topological polar surface area (TPSA) is 58.1 Å². The maximum atomic E-state index is 12.2. The van der Waals surface area contributed by atoms with E-state index in [1.54, 1.807) is 5.51 Å². The summed E-state index contributed by atoms with van der Waals surface area (Å²) in [6.45, 7) is 1.58. The lowest BCUT2D eigenvalue weighted by atomic mass is 9.92. The fourth-order valence-electron chi connectivity index (χ4n) is 2.76. The van der Waals surface area contributed by atoms with Gasteiger partial charge in [0.25, 0.3) is 0 Å². The Morgan fingerprint density at radius 3 is 2.86 bits per heavy atom. The number of likely N-dealkylation sites (tertiary alicyclic amines) is 1. The molecule has 1 aromatic heterocycles. The Labute approximate surface area is 128 Å². The van der Waals surface area contributed by atoms with Gasteiger partial charge in [-0.1, -0.05) is 41.7 Å². The monoisotopic (exact) mass is 302 g/mol. The quantitative estimate of drug-likeness (QED) is 0.925. The standard InChI is InChI=1S/C15H18N4OS/c20-15(17-14-18-16-11-21-14)19-9-4-7-13(8-10-19)12-5-2-1-3-6-12/h1-3,5-6,11,13H,4,7-10H2,(H,17,18,20)/t13-/m1/s1. The first kappa shape index (κ1) is 14.0. The molecule has 0 saturated carbocycles. The van der Waals surface area contributed by atoms with Gasteiger partial charge < -0.3 is 4.90 Å². The minimum absolute atomic E-state index is 0.0690. The zero-order valence-corrected chi connectivity index (χ0v) is 12.6. The van der Waals surface area contributed by atoms with E-state index in [2.05, 4.69) is 39.8 Å². The molecule has 5 nitrogen and oxygen atoms in total. The molecule has 110 valence electrons. The van der Waals surface area contributed by atoms with E-state index in [0.717, 1.165) is 32.4 Å². The van der Waals surface area contributed by atoms with E-state index in [1.807, 2.05) is 11.0 Å². The van der Waals surface area contributed by atoms with Crippen LogP contribution in [0.4, 0.5) is 9.93 Å². The van der Waals surface area contributed by atoms with Crippen molar-refractivity contribution >= 4 is 22.5 Å². The van der Waals surface area contributed by atoms with Crippen LogP contribution in [0.15, 0.2) is 35.8 Å². The van der Waals surface area contributed by atoms with E-state index in [-0.39, 0.29) is 6.03 Å². The maximum Gasteiger partial charge on any atom is 0.323 e. The van der Waals surface area contributed by atoms with Crippen LogP contribution in [0.25, 0.3) is 0 Å². The fraction of sp³-hybridized carbons (Fsp3) is 0.400. The third kappa shape index (κ3) is 3.58. The molecule has 0 bridgehead atoms. The second-order valence-corrected chi connectivity index (χ2v) is 6.03. The predicted molar refractivity (Wildman–Crippen MR) is 83.5 cm³/mol. The number of urea groups is 1. The largest absolute Gasteiger partial charge is 0.324 e. The molecule has 1 aromatic carbocycles. The highest BCUT2D eigenvalue weighted by Crippen LogP contribution is 2.28. The van der Waals surface area contributed by atoms with Crippen LogP contribution in [0.5, 0.6) is 0 Å². The zero-order valence-electron chi connectivity index (χ0n) is 11.7. The Balaban J connectivity index is 1.59. The smallest absolute Gasteiger partial charge is 0.323 e. The average Bonchev–Trinajstić information content (AvgIpc) is 2.89. The number of hydrogen-bond acceptors (Lipinski definition) is 4. The summed E-state index contributed by atoms with van der Waals surface area (Å²) in [5.74, 6) is 0.547. The van der Waals surface area contributed by atoms with Crippen molar-refractivity contribution in [3.63, 3.8) is 0 Å². The van der Waals surface area contributed by atoms with Gasteiger partial charge in [0.1, 0.15) is 5.51 Å². The van der Waals surface area contributed by atoms with E-state index in [4.69, 9.17) is 0 Å². The first-order valence-corrected chi connectivity index (χ1v) is 8.08. The van der Waals surface area contributed by atoms with Crippen molar-refractivity contribution in [3.8, 4) is 0 Å². The Bertz CT molecular complexity index is 573. The van der Waals surface area contributed by atoms with E-state index in [0.29, 0.717) is 11.0 Å². The summed E-state index contributed by atoms with van der Waals surface area (Å²) in [4.78, 5) is 14.1. The van der Waals surface area contributed by atoms with Crippen molar-refractivity contribution in [2.45, 2.75) is 25.2 Å². The molecule has 6 heteroatoms. The van der Waals surface area contributed by atoms with E-state index < -0.39 is 0 Å². The molecule has 3 rings (SSSR count). The molecule has 0 aliphatic carbocycles. The first-order chi connectivity index (χ1) is 10.3. The second kappa shape index (κ2) is 6.67. The highest BCUT2D eigenvalue weighted by Gasteiger charge is 2.22. The highest BCUT2D eigenvalue weighted by atomic mass is 32.1. The number of rotatable bonds is 2. The molecule has 1 atom stereocenters. The molecule has 2 aromatic rings. The van der Waals surface area contributed by atoms with Crippen LogP contribution in [0, 0.1) is 0 Å². The number of nitrogens with zero attached hydrogens (tertiary/aromatic N) is 3. The van der Waals surface area contributed by atoms with Gasteiger partial charge in [0.05, 0.1) is 0 Å². The number of benzene rings is 1. The van der Waals surface area contributed by atoms with Crippen molar-refractivity contribution in [1.29, 1.82) is 0 Å². The summed E-state index contributed by atoms with van der Waals surface area (Å²) < 4.78 is 0. The number of carbonyl (C=O) groups is 1. The molecule has 1 aliphatic heterocycles. The minimum atomic E-state index is -0.0690. The molecule has 2 amide bonds. The SMILES string of the molecule is O=C(Nc1nncs1)N1CCC[C@@H](c2ccccc2)CC1. The van der Waals surface area contributed by atoms with Gasteiger partial charge in [-0.3, -0.25) is 5.32 Å². The lowest BCUT2D eigenvalue weighted by Gasteiger charge is -2.20. The highest BCUT2D eigenvalue weighted by molar-refractivity contribution is 7.13. The predicted octanol–water partition coefficient (Wildman–Crippen LogP) is 3.34. The molecule has 0 radical (unpaired) electrons. The van der Waals surface area contributed by atoms with Gasteiger partial charge >= 0.3 is 6.03 Å². The van der Waals surface area contributed by atoms with Gasteiger partial charge in [-0.2, -0.15) is 0 Å². The van der Waals surface area contributed by atoms with Crippen molar-refractivity contribution in [3.05, 3.63) is 41.4 Å². The molecule has 0 spiro atoms. The summed E-state index contributed by atoms with van der Waals surface area (Å²) in [5, 5.41) is 10.9. The number of aromatic nitrogens is 2. The first-order valence-electron chi connectivity index (χ1n) is 7.20. The molecule has 21 heavy (non-hydrogen) atoms. The number of amides is 2. The number of anilines is 1. The molecule has 0 unspecified atom stereocenters. The third-order valence-corrected chi connectivity index (χ3v) is 4.47. The van der Waals surface area contributed by atoms with Gasteiger partial charge in [0.2, 0.25) is 5.13 Å². The normalized spacial score (nSPS) is 19.0. The molecular weight excluding hydrogens is 284 g/mol. The molecule has 1 saturated heterocycles. The van der Waals surface area contributed by atoms with Gasteiger partial charge in [0.15, 0.2) is 0 Å². The lowest BCUT2D eigenvalue weighted by Crippen LogP contribution is -2.35. The summed E-state index contributed by atoms with van der Waals surface area (Å²) in [7, 11) is 0.